The van der Waals surface area contributed by atoms with Gasteiger partial charge in [0.15, 0.2) is 14.9 Å². The number of nitrogens with one attached hydrogen (secondary N) is 1. The first kappa shape index (κ1) is 16.1. The van der Waals surface area contributed by atoms with Gasteiger partial charge < -0.3 is 10.4 Å². The van der Waals surface area contributed by atoms with Crippen LogP contribution in [0.3, 0.4) is 0 Å². The predicted octanol–water partition coefficient (Wildman–Crippen LogP) is 0.343. The fraction of sp³-hybridized carbons (Fsp3) is 0.214. The van der Waals surface area contributed by atoms with Crippen LogP contribution in [0.1, 0.15) is 22.0 Å². The summed E-state index contributed by atoms with van der Waals surface area (Å²) in [5.74, 6) is -0.390. The zero-order valence-electron chi connectivity index (χ0n) is 11.8. The van der Waals surface area contributed by atoms with Crippen molar-refractivity contribution in [2.45, 2.75) is 11.1 Å². The smallest absolute Gasteiger partial charge is 0.251 e. The Kier molecular flexibility index (Phi) is 4.84. The zero-order chi connectivity index (χ0) is 16.2. The Labute approximate surface area is 128 Å². The molecular formula is C14H15N3O4S. The molecular weight excluding hydrogens is 306 g/mol. The maximum Gasteiger partial charge on any atom is 0.251 e. The van der Waals surface area contributed by atoms with E-state index in [0.29, 0.717) is 11.1 Å². The molecule has 0 radical (unpaired) electrons. The first-order chi connectivity index (χ1) is 10.4. The number of amides is 1. The second-order valence-electron chi connectivity index (χ2n) is 4.64. The van der Waals surface area contributed by atoms with Crippen LogP contribution in [-0.2, 0) is 9.84 Å². The lowest BCUT2D eigenvalue weighted by Gasteiger charge is -2.17. The van der Waals surface area contributed by atoms with Crippen LogP contribution in [0.2, 0.25) is 0 Å². The highest BCUT2D eigenvalue weighted by Gasteiger charge is 2.17. The molecule has 1 atom stereocenters. The number of pyridine rings is 2. The van der Waals surface area contributed by atoms with E-state index in [4.69, 9.17) is 0 Å². The molecule has 0 spiro atoms. The van der Waals surface area contributed by atoms with Crippen LogP contribution >= 0.6 is 0 Å². The van der Waals surface area contributed by atoms with Crippen LogP contribution < -0.4 is 5.32 Å². The van der Waals surface area contributed by atoms with Crippen molar-refractivity contribution in [3.8, 4) is 0 Å². The molecule has 116 valence electrons. The molecule has 0 bridgehead atoms. The van der Waals surface area contributed by atoms with Crippen molar-refractivity contribution in [3.63, 3.8) is 0 Å². The van der Waals surface area contributed by atoms with E-state index < -0.39 is 15.9 Å². The first-order valence-electron chi connectivity index (χ1n) is 6.39. The fourth-order valence-electron chi connectivity index (χ4n) is 1.82. The number of hydrogen-bond donors (Lipinski definition) is 2. The van der Waals surface area contributed by atoms with E-state index in [1.165, 1.54) is 36.8 Å². The summed E-state index contributed by atoms with van der Waals surface area (Å²) in [5, 5.41) is 12.0. The number of aliphatic hydroxyl groups is 1. The normalized spacial score (nSPS) is 12.6. The van der Waals surface area contributed by atoms with Crippen molar-refractivity contribution in [2.75, 3.05) is 12.9 Å². The van der Waals surface area contributed by atoms with Gasteiger partial charge in [-0.15, -0.1) is 0 Å². The second-order valence-corrected chi connectivity index (χ2v) is 6.61. The van der Waals surface area contributed by atoms with E-state index in [1.54, 1.807) is 6.07 Å². The lowest BCUT2D eigenvalue weighted by atomic mass is 10.1. The topological polar surface area (TPSA) is 109 Å². The minimum atomic E-state index is -3.46. The number of carbonyl (C=O) groups is 1. The van der Waals surface area contributed by atoms with Gasteiger partial charge in [0.25, 0.3) is 5.91 Å². The molecule has 0 aliphatic heterocycles. The van der Waals surface area contributed by atoms with Gasteiger partial charge in [0.1, 0.15) is 0 Å². The summed E-state index contributed by atoms with van der Waals surface area (Å²) in [4.78, 5) is 19.7. The van der Waals surface area contributed by atoms with Crippen molar-refractivity contribution in [2.24, 2.45) is 0 Å². The Morgan fingerprint density at radius 2 is 1.95 bits per heavy atom. The summed E-state index contributed by atoms with van der Waals surface area (Å²) in [7, 11) is -3.46. The van der Waals surface area contributed by atoms with Gasteiger partial charge in [0, 0.05) is 30.4 Å². The van der Waals surface area contributed by atoms with Crippen molar-refractivity contribution in [1.82, 2.24) is 15.3 Å². The molecule has 2 heterocycles. The molecule has 2 rings (SSSR count). The van der Waals surface area contributed by atoms with Crippen molar-refractivity contribution in [3.05, 3.63) is 54.0 Å². The average molecular weight is 321 g/mol. The van der Waals surface area contributed by atoms with E-state index in [2.05, 4.69) is 15.3 Å². The van der Waals surface area contributed by atoms with Crippen LogP contribution in [0.4, 0.5) is 0 Å². The van der Waals surface area contributed by atoms with Crippen LogP contribution in [0, 0.1) is 0 Å². The lowest BCUT2D eigenvalue weighted by Crippen LogP contribution is -2.31. The third kappa shape index (κ3) is 3.86. The molecule has 0 saturated carbocycles. The van der Waals surface area contributed by atoms with Crippen molar-refractivity contribution in [1.29, 1.82) is 0 Å². The van der Waals surface area contributed by atoms with Gasteiger partial charge >= 0.3 is 0 Å². The molecule has 2 aromatic rings. The zero-order valence-corrected chi connectivity index (χ0v) is 12.6. The van der Waals surface area contributed by atoms with E-state index in [9.17, 15) is 18.3 Å². The Morgan fingerprint density at radius 3 is 2.55 bits per heavy atom. The Hall–Kier alpha value is -2.32. The molecule has 0 saturated heterocycles. The molecule has 0 aromatic carbocycles. The van der Waals surface area contributed by atoms with E-state index in [-0.39, 0.29) is 17.5 Å². The summed E-state index contributed by atoms with van der Waals surface area (Å²) in [6, 6.07) is 5.23. The number of aromatic nitrogens is 2. The maximum atomic E-state index is 12.1. The highest BCUT2D eigenvalue weighted by molar-refractivity contribution is 7.90. The molecule has 7 nitrogen and oxygen atoms in total. The third-order valence-electron chi connectivity index (χ3n) is 2.97. The van der Waals surface area contributed by atoms with Gasteiger partial charge in [-0.25, -0.2) is 13.4 Å². The number of aliphatic hydroxyl groups excluding tert-OH is 1. The molecule has 0 fully saturated rings. The Morgan fingerprint density at radius 1 is 1.27 bits per heavy atom. The Bertz CT molecular complexity index is 763. The third-order valence-corrected chi connectivity index (χ3v) is 3.95. The lowest BCUT2D eigenvalue weighted by molar-refractivity contribution is 0.0916. The quantitative estimate of drug-likeness (QED) is 0.822. The average Bonchev–Trinajstić information content (AvgIpc) is 2.52. The van der Waals surface area contributed by atoms with Crippen molar-refractivity contribution >= 4 is 15.7 Å². The molecule has 2 aromatic heterocycles. The van der Waals surface area contributed by atoms with Gasteiger partial charge in [-0.3, -0.25) is 9.78 Å². The summed E-state index contributed by atoms with van der Waals surface area (Å²) < 4.78 is 23.0. The van der Waals surface area contributed by atoms with E-state index in [1.807, 2.05) is 0 Å². The van der Waals surface area contributed by atoms with Crippen LogP contribution in [0.25, 0.3) is 0 Å². The van der Waals surface area contributed by atoms with Gasteiger partial charge in [-0.1, -0.05) is 0 Å². The first-order valence-corrected chi connectivity index (χ1v) is 8.28. The van der Waals surface area contributed by atoms with Gasteiger partial charge in [-0.05, 0) is 29.8 Å². The SMILES string of the molecule is CS(=O)(=O)c1cc([C@H](CO)NC(=O)c2ccncc2)ccn1. The molecule has 0 aliphatic carbocycles. The van der Waals surface area contributed by atoms with Crippen LogP contribution in [-0.4, -0.2) is 42.3 Å². The minimum Gasteiger partial charge on any atom is -0.394 e. The monoisotopic (exact) mass is 321 g/mol. The summed E-state index contributed by atoms with van der Waals surface area (Å²) in [5.41, 5.74) is 0.853. The highest BCUT2D eigenvalue weighted by atomic mass is 32.2. The molecule has 1 amide bonds. The highest BCUT2D eigenvalue weighted by Crippen LogP contribution is 2.16. The van der Waals surface area contributed by atoms with E-state index >= 15 is 0 Å². The Balaban J connectivity index is 2.24. The maximum absolute atomic E-state index is 12.1. The largest absolute Gasteiger partial charge is 0.394 e. The van der Waals surface area contributed by atoms with Gasteiger partial charge in [0.2, 0.25) is 0 Å². The summed E-state index contributed by atoms with van der Waals surface area (Å²) >= 11 is 0. The summed E-state index contributed by atoms with van der Waals surface area (Å²) in [6.45, 7) is -0.371. The number of sulfone groups is 1. The minimum absolute atomic E-state index is 0.110. The molecule has 0 unspecified atom stereocenters. The van der Waals surface area contributed by atoms with E-state index in [0.717, 1.165) is 6.26 Å². The fourth-order valence-corrected chi connectivity index (χ4v) is 2.43. The van der Waals surface area contributed by atoms with Crippen LogP contribution in [0.5, 0.6) is 0 Å². The van der Waals surface area contributed by atoms with Gasteiger partial charge in [0.05, 0.1) is 12.6 Å². The predicted molar refractivity (Wildman–Crippen MR) is 78.9 cm³/mol. The number of carbonyl (C=O) groups excluding carboxylic acids is 1. The molecule has 2 N–H and O–H groups in total. The number of hydrogen-bond acceptors (Lipinski definition) is 6. The van der Waals surface area contributed by atoms with Crippen molar-refractivity contribution < 1.29 is 18.3 Å². The number of rotatable bonds is 5. The molecule has 8 heteroatoms. The standard InChI is InChI=1S/C14H15N3O4S/c1-22(20,21)13-8-11(4-7-16-13)12(9-18)17-14(19)10-2-5-15-6-3-10/h2-8,12,18H,9H2,1H3,(H,17,19)/t12-/m0/s1. The second kappa shape index (κ2) is 6.63. The molecule has 0 aliphatic rings. The number of nitrogens with zero attached hydrogens (tertiary/aromatic N) is 2. The van der Waals surface area contributed by atoms with Gasteiger partial charge in [-0.2, -0.15) is 0 Å². The van der Waals surface area contributed by atoms with Crippen LogP contribution in [0.15, 0.2) is 47.9 Å². The molecule has 22 heavy (non-hydrogen) atoms. The summed E-state index contributed by atoms with van der Waals surface area (Å²) in [6.07, 6.45) is 5.34.